The third kappa shape index (κ3) is 4.25. The number of fused-ring (bicyclic) bond motifs is 3. The Morgan fingerprint density at radius 2 is 2.03 bits per heavy atom. The number of hydrogen-bond donors (Lipinski definition) is 0. The maximum atomic E-state index is 13.0. The second-order valence-corrected chi connectivity index (χ2v) is 9.88. The highest BCUT2D eigenvalue weighted by atomic mass is 35.5. The number of ether oxygens (including phenoxy) is 1. The number of carbonyl (C=O) groups is 1. The van der Waals surface area contributed by atoms with E-state index < -0.39 is 0 Å². The number of halogens is 1. The van der Waals surface area contributed by atoms with Crippen molar-refractivity contribution in [3.05, 3.63) is 77.2 Å². The van der Waals surface area contributed by atoms with Gasteiger partial charge in [0, 0.05) is 35.4 Å². The molecule has 0 aliphatic carbocycles. The number of rotatable bonds is 6. The lowest BCUT2D eigenvalue weighted by molar-refractivity contribution is -0.145. The van der Waals surface area contributed by atoms with Gasteiger partial charge < -0.3 is 14.5 Å². The summed E-state index contributed by atoms with van der Waals surface area (Å²) < 4.78 is 7.40. The van der Waals surface area contributed by atoms with E-state index in [1.165, 1.54) is 0 Å². The zero-order valence-corrected chi connectivity index (χ0v) is 21.1. The minimum Gasteiger partial charge on any atom is -0.492 e. The fourth-order valence-electron chi connectivity index (χ4n) is 5.49. The second-order valence-electron chi connectivity index (χ2n) is 9.45. The molecule has 3 saturated heterocycles. The van der Waals surface area contributed by atoms with E-state index in [1.54, 1.807) is 16.9 Å². The van der Waals surface area contributed by atoms with Gasteiger partial charge in [0.05, 0.1) is 48.6 Å². The van der Waals surface area contributed by atoms with E-state index in [4.69, 9.17) is 21.3 Å². The number of anilines is 1. The van der Waals surface area contributed by atoms with E-state index in [9.17, 15) is 10.1 Å². The van der Waals surface area contributed by atoms with Gasteiger partial charge in [-0.1, -0.05) is 23.7 Å². The van der Waals surface area contributed by atoms with Gasteiger partial charge in [0.2, 0.25) is 5.91 Å². The molecule has 3 aliphatic heterocycles. The SMILES string of the molecule is CCOc1cc(-c2ccc(N3CC4CC(C3)N4C(=O)Cc3cccc(Cl)c3)nc2)c2c(C#N)cnn2c1. The lowest BCUT2D eigenvalue weighted by Gasteiger charge is -2.56. The fourth-order valence-corrected chi connectivity index (χ4v) is 5.71. The molecule has 8 nitrogen and oxygen atoms in total. The summed E-state index contributed by atoms with van der Waals surface area (Å²) in [6, 6.07) is 16.1. The molecule has 0 radical (unpaired) electrons. The molecule has 2 atom stereocenters. The monoisotopic (exact) mass is 512 g/mol. The highest BCUT2D eigenvalue weighted by Crippen LogP contribution is 2.36. The average molecular weight is 513 g/mol. The first-order valence-electron chi connectivity index (χ1n) is 12.4. The molecule has 0 spiro atoms. The molecule has 6 heterocycles. The van der Waals surface area contributed by atoms with E-state index in [0.29, 0.717) is 29.4 Å². The van der Waals surface area contributed by atoms with Gasteiger partial charge in [-0.15, -0.1) is 0 Å². The molecule has 9 heteroatoms. The van der Waals surface area contributed by atoms with Crippen molar-refractivity contribution in [2.45, 2.75) is 31.8 Å². The van der Waals surface area contributed by atoms with Crippen LogP contribution >= 0.6 is 11.6 Å². The minimum atomic E-state index is 0.152. The first-order valence-corrected chi connectivity index (χ1v) is 12.7. The molecular weight excluding hydrogens is 488 g/mol. The molecule has 186 valence electrons. The van der Waals surface area contributed by atoms with Gasteiger partial charge in [0.15, 0.2) is 0 Å². The molecule has 2 bridgehead atoms. The Labute approximate surface area is 219 Å². The van der Waals surface area contributed by atoms with Crippen LogP contribution in [0.4, 0.5) is 5.82 Å². The van der Waals surface area contributed by atoms with Crippen LogP contribution in [0.3, 0.4) is 0 Å². The van der Waals surface area contributed by atoms with Gasteiger partial charge in [0.1, 0.15) is 17.6 Å². The number of carbonyl (C=O) groups excluding carboxylic acids is 1. The highest BCUT2D eigenvalue weighted by molar-refractivity contribution is 6.30. The molecule has 7 rings (SSSR count). The summed E-state index contributed by atoms with van der Waals surface area (Å²) in [6.45, 7) is 3.98. The molecule has 3 aliphatic rings. The van der Waals surface area contributed by atoms with Crippen molar-refractivity contribution in [3.63, 3.8) is 0 Å². The molecule has 0 saturated carbocycles. The van der Waals surface area contributed by atoms with Crippen LogP contribution < -0.4 is 9.64 Å². The number of piperazine rings is 1. The fraction of sp³-hybridized carbons (Fsp3) is 0.286. The summed E-state index contributed by atoms with van der Waals surface area (Å²) >= 11 is 6.09. The summed E-state index contributed by atoms with van der Waals surface area (Å²) in [5.41, 5.74) is 3.90. The second kappa shape index (κ2) is 9.41. The van der Waals surface area contributed by atoms with E-state index in [1.807, 2.05) is 60.5 Å². The normalized spacial score (nSPS) is 18.4. The van der Waals surface area contributed by atoms with E-state index in [2.05, 4.69) is 16.1 Å². The maximum absolute atomic E-state index is 13.0. The van der Waals surface area contributed by atoms with Crippen LogP contribution in [0.1, 0.15) is 24.5 Å². The Balaban J connectivity index is 1.19. The maximum Gasteiger partial charge on any atom is 0.227 e. The Bertz CT molecular complexity index is 1510. The van der Waals surface area contributed by atoms with Crippen LogP contribution in [0, 0.1) is 11.3 Å². The van der Waals surface area contributed by atoms with Crippen LogP contribution in [-0.4, -0.2) is 57.2 Å². The number of piperidine rings is 1. The Morgan fingerprint density at radius 1 is 1.19 bits per heavy atom. The molecule has 4 aromatic rings. The first-order chi connectivity index (χ1) is 18.0. The lowest BCUT2D eigenvalue weighted by atomic mass is 9.86. The summed E-state index contributed by atoms with van der Waals surface area (Å²) in [7, 11) is 0. The Hall–Kier alpha value is -4.09. The molecule has 1 amide bonds. The summed E-state index contributed by atoms with van der Waals surface area (Å²) in [5.74, 6) is 1.71. The van der Waals surface area contributed by atoms with E-state index >= 15 is 0 Å². The van der Waals surface area contributed by atoms with Crippen molar-refractivity contribution in [3.8, 4) is 22.9 Å². The first kappa shape index (κ1) is 23.3. The van der Waals surface area contributed by atoms with Gasteiger partial charge >= 0.3 is 0 Å². The number of aromatic nitrogens is 3. The Morgan fingerprint density at radius 3 is 2.73 bits per heavy atom. The molecule has 37 heavy (non-hydrogen) atoms. The molecule has 2 unspecified atom stereocenters. The van der Waals surface area contributed by atoms with Crippen LogP contribution in [0.25, 0.3) is 16.6 Å². The van der Waals surface area contributed by atoms with Gasteiger partial charge in [-0.2, -0.15) is 10.4 Å². The summed E-state index contributed by atoms with van der Waals surface area (Å²) in [4.78, 5) is 22.0. The molecule has 0 N–H and O–H groups in total. The van der Waals surface area contributed by atoms with Crippen molar-refractivity contribution >= 4 is 28.8 Å². The van der Waals surface area contributed by atoms with Gasteiger partial charge in [-0.25, -0.2) is 9.50 Å². The number of nitriles is 1. The topological polar surface area (TPSA) is 86.8 Å². The average Bonchev–Trinajstić information content (AvgIpc) is 3.31. The number of benzene rings is 1. The van der Waals surface area contributed by atoms with Gasteiger partial charge in [0.25, 0.3) is 0 Å². The quantitative estimate of drug-likeness (QED) is 0.381. The van der Waals surface area contributed by atoms with Crippen molar-refractivity contribution in [2.75, 3.05) is 24.6 Å². The smallest absolute Gasteiger partial charge is 0.227 e. The van der Waals surface area contributed by atoms with Crippen LogP contribution in [0.2, 0.25) is 5.02 Å². The van der Waals surface area contributed by atoms with Crippen molar-refractivity contribution < 1.29 is 9.53 Å². The summed E-state index contributed by atoms with van der Waals surface area (Å²) in [5, 5.41) is 14.5. The van der Waals surface area contributed by atoms with Gasteiger partial charge in [-0.3, -0.25) is 4.79 Å². The predicted molar refractivity (Wildman–Crippen MR) is 141 cm³/mol. The van der Waals surface area contributed by atoms with Crippen LogP contribution in [-0.2, 0) is 11.2 Å². The number of amides is 1. The van der Waals surface area contributed by atoms with E-state index in [-0.39, 0.29) is 18.0 Å². The van der Waals surface area contributed by atoms with E-state index in [0.717, 1.165) is 47.5 Å². The largest absolute Gasteiger partial charge is 0.492 e. The Kier molecular flexibility index (Phi) is 5.93. The minimum absolute atomic E-state index is 0.152. The zero-order chi connectivity index (χ0) is 25.5. The standard InChI is InChI=1S/C28H25ClN6O2/c1-2-37-24-11-25(28-20(12-30)14-32-34(28)17-24)19-6-7-26(31-13-19)33-15-22-10-23(16-33)35(22)27(36)9-18-4-3-5-21(29)8-18/h3-8,11,13-14,17,22-23H,2,9-10,15-16H2,1H3. The van der Waals surface area contributed by atoms with Crippen molar-refractivity contribution in [2.24, 2.45) is 0 Å². The number of nitrogens with zero attached hydrogens (tertiary/aromatic N) is 6. The molecule has 3 aromatic heterocycles. The zero-order valence-electron chi connectivity index (χ0n) is 20.3. The number of hydrogen-bond acceptors (Lipinski definition) is 6. The van der Waals surface area contributed by atoms with Crippen molar-refractivity contribution in [1.82, 2.24) is 19.5 Å². The molecule has 3 fully saturated rings. The van der Waals surface area contributed by atoms with Crippen LogP contribution in [0.15, 0.2) is 61.1 Å². The third-order valence-electron chi connectivity index (χ3n) is 7.13. The van der Waals surface area contributed by atoms with Gasteiger partial charge in [-0.05, 0) is 49.2 Å². The van der Waals surface area contributed by atoms with Crippen LogP contribution in [0.5, 0.6) is 5.75 Å². The summed E-state index contributed by atoms with van der Waals surface area (Å²) in [6.07, 6.45) is 6.57. The molecule has 1 aromatic carbocycles. The lowest BCUT2D eigenvalue weighted by Crippen LogP contribution is -2.70. The third-order valence-corrected chi connectivity index (χ3v) is 7.36. The number of pyridine rings is 2. The highest BCUT2D eigenvalue weighted by Gasteiger charge is 2.47. The molecular formula is C28H25ClN6O2. The van der Waals surface area contributed by atoms with Crippen molar-refractivity contribution in [1.29, 1.82) is 5.26 Å². The predicted octanol–water partition coefficient (Wildman–Crippen LogP) is 4.35.